The summed E-state index contributed by atoms with van der Waals surface area (Å²) in [5, 5.41) is 0. The van der Waals surface area contributed by atoms with Gasteiger partial charge in [0.2, 0.25) is 0 Å². The normalized spacial score (nSPS) is 18.7. The molecule has 0 amide bonds. The molecule has 1 aliphatic heterocycles. The molecule has 0 radical (unpaired) electrons. The Morgan fingerprint density at radius 2 is 2.29 bits per heavy atom. The van der Waals surface area contributed by atoms with Gasteiger partial charge in [0.15, 0.2) is 3.77 Å². The largest absolute Gasteiger partial charge is 0.454 e. The van der Waals surface area contributed by atoms with Gasteiger partial charge in [-0.25, -0.2) is 4.98 Å². The molecule has 2 aliphatic rings. The summed E-state index contributed by atoms with van der Waals surface area (Å²) in [6.45, 7) is 2.32. The molecule has 21 heavy (non-hydrogen) atoms. The van der Waals surface area contributed by atoms with E-state index in [1.807, 2.05) is 12.1 Å². The first kappa shape index (κ1) is 13.5. The van der Waals surface area contributed by atoms with Gasteiger partial charge in [0.25, 0.3) is 5.56 Å². The maximum absolute atomic E-state index is 12.3. The van der Waals surface area contributed by atoms with Crippen LogP contribution in [0.1, 0.15) is 41.6 Å². The summed E-state index contributed by atoms with van der Waals surface area (Å²) in [5.41, 5.74) is 1.86. The highest BCUT2D eigenvalue weighted by Gasteiger charge is 2.29. The molecule has 0 spiro atoms. The molecule has 0 atom stereocenters. The van der Waals surface area contributed by atoms with Crippen LogP contribution >= 0.6 is 22.6 Å². The molecule has 0 unspecified atom stereocenters. The van der Waals surface area contributed by atoms with E-state index in [-0.39, 0.29) is 5.56 Å². The second-order valence-electron chi connectivity index (χ2n) is 5.82. The fourth-order valence-electron chi connectivity index (χ4n) is 2.84. The fraction of sp³-hybridized carbons (Fsp3) is 0.467. The highest BCUT2D eigenvalue weighted by molar-refractivity contribution is 14.1. The number of aromatic nitrogens is 2. The molecule has 1 saturated carbocycles. The molecule has 110 valence electrons. The Hall–Kier alpha value is -1.15. The Labute approximate surface area is 135 Å². The van der Waals surface area contributed by atoms with Gasteiger partial charge in [-0.2, -0.15) is 0 Å². The van der Waals surface area contributed by atoms with Crippen molar-refractivity contribution in [3.8, 4) is 0 Å². The number of nitrogens with one attached hydrogen (secondary N) is 1. The van der Waals surface area contributed by atoms with Gasteiger partial charge < -0.3 is 9.40 Å². The summed E-state index contributed by atoms with van der Waals surface area (Å²) in [5.74, 6) is 2.33. The van der Waals surface area contributed by atoms with E-state index in [4.69, 9.17) is 4.42 Å². The number of H-pyrrole nitrogens is 1. The predicted octanol–water partition coefficient (Wildman–Crippen LogP) is 2.40. The zero-order chi connectivity index (χ0) is 14.4. The predicted molar refractivity (Wildman–Crippen MR) is 86.1 cm³/mol. The average molecular weight is 397 g/mol. The molecular weight excluding hydrogens is 381 g/mol. The lowest BCUT2D eigenvalue weighted by Crippen LogP contribution is -2.35. The van der Waals surface area contributed by atoms with Crippen LogP contribution in [0, 0.1) is 3.77 Å². The summed E-state index contributed by atoms with van der Waals surface area (Å²) in [6.07, 6.45) is 3.16. The van der Waals surface area contributed by atoms with Gasteiger partial charge in [0, 0.05) is 25.4 Å². The Bertz CT molecular complexity index is 733. The van der Waals surface area contributed by atoms with Crippen molar-refractivity contribution in [3.63, 3.8) is 0 Å². The van der Waals surface area contributed by atoms with Crippen molar-refractivity contribution in [2.75, 3.05) is 6.54 Å². The van der Waals surface area contributed by atoms with Crippen LogP contribution in [-0.4, -0.2) is 21.4 Å². The van der Waals surface area contributed by atoms with E-state index < -0.39 is 0 Å². The molecule has 3 heterocycles. The van der Waals surface area contributed by atoms with Crippen molar-refractivity contribution >= 4 is 22.6 Å². The lowest BCUT2D eigenvalue weighted by Gasteiger charge is -2.26. The number of hydrogen-bond donors (Lipinski definition) is 1. The van der Waals surface area contributed by atoms with Crippen LogP contribution in [-0.2, 0) is 19.5 Å². The molecule has 2 aromatic rings. The molecule has 6 heteroatoms. The van der Waals surface area contributed by atoms with Gasteiger partial charge in [0.1, 0.15) is 11.6 Å². The minimum Gasteiger partial charge on any atom is -0.454 e. The number of rotatable bonds is 3. The summed E-state index contributed by atoms with van der Waals surface area (Å²) < 4.78 is 6.50. The lowest BCUT2D eigenvalue weighted by atomic mass is 10.1. The minimum absolute atomic E-state index is 0.0422. The fourth-order valence-corrected chi connectivity index (χ4v) is 3.30. The third-order valence-electron chi connectivity index (χ3n) is 4.14. The van der Waals surface area contributed by atoms with Gasteiger partial charge in [-0.3, -0.25) is 9.69 Å². The van der Waals surface area contributed by atoms with Gasteiger partial charge in [-0.15, -0.1) is 0 Å². The SMILES string of the molecule is O=c1[nH]c(C2CC2)nc2c1CN(Cc1ccc(I)o1)CC2. The number of nitrogens with zero attached hydrogens (tertiary/aromatic N) is 2. The topological polar surface area (TPSA) is 62.1 Å². The van der Waals surface area contributed by atoms with Gasteiger partial charge >= 0.3 is 0 Å². The first-order valence-electron chi connectivity index (χ1n) is 7.27. The number of furan rings is 1. The van der Waals surface area contributed by atoms with Gasteiger partial charge in [0.05, 0.1) is 17.8 Å². The zero-order valence-electron chi connectivity index (χ0n) is 11.6. The molecule has 0 aromatic carbocycles. The zero-order valence-corrected chi connectivity index (χ0v) is 13.7. The summed E-state index contributed by atoms with van der Waals surface area (Å²) in [7, 11) is 0. The van der Waals surface area contributed by atoms with E-state index >= 15 is 0 Å². The van der Waals surface area contributed by atoms with Gasteiger partial charge in [-0.1, -0.05) is 0 Å². The average Bonchev–Trinajstić information content (AvgIpc) is 3.24. The van der Waals surface area contributed by atoms with Crippen molar-refractivity contribution in [2.45, 2.75) is 38.3 Å². The van der Waals surface area contributed by atoms with Crippen molar-refractivity contribution in [2.24, 2.45) is 0 Å². The molecule has 0 bridgehead atoms. The Kier molecular flexibility index (Phi) is 3.37. The van der Waals surface area contributed by atoms with Crippen LogP contribution in [0.15, 0.2) is 21.3 Å². The molecule has 0 saturated heterocycles. The lowest BCUT2D eigenvalue weighted by molar-refractivity contribution is 0.221. The van der Waals surface area contributed by atoms with E-state index in [1.54, 1.807) is 0 Å². The molecule has 2 aromatic heterocycles. The first-order valence-corrected chi connectivity index (χ1v) is 8.35. The maximum atomic E-state index is 12.3. The maximum Gasteiger partial charge on any atom is 0.255 e. The summed E-state index contributed by atoms with van der Waals surface area (Å²) >= 11 is 2.17. The molecular formula is C15H16IN3O2. The summed E-state index contributed by atoms with van der Waals surface area (Å²) in [6, 6.07) is 3.96. The number of aromatic amines is 1. The molecule has 5 nitrogen and oxygen atoms in total. The highest BCUT2D eigenvalue weighted by atomic mass is 127. The van der Waals surface area contributed by atoms with Crippen LogP contribution in [0.4, 0.5) is 0 Å². The first-order chi connectivity index (χ1) is 10.2. The molecule has 4 rings (SSSR count). The van der Waals surface area contributed by atoms with Crippen LogP contribution < -0.4 is 5.56 Å². The number of halogens is 1. The monoisotopic (exact) mass is 397 g/mol. The van der Waals surface area contributed by atoms with Crippen LogP contribution in [0.3, 0.4) is 0 Å². The van der Waals surface area contributed by atoms with E-state index in [0.29, 0.717) is 12.5 Å². The standard InChI is InChI=1S/C15H16IN3O2/c16-13-4-3-10(21-13)7-19-6-5-12-11(8-19)15(20)18-14(17-12)9-1-2-9/h3-4,9H,1-2,5-8H2,(H,17,18,20). The molecule has 1 aliphatic carbocycles. The smallest absolute Gasteiger partial charge is 0.255 e. The molecule has 1 N–H and O–H groups in total. The number of hydrogen-bond acceptors (Lipinski definition) is 4. The third-order valence-corrected chi connectivity index (χ3v) is 4.72. The van der Waals surface area contributed by atoms with Crippen LogP contribution in [0.2, 0.25) is 0 Å². The minimum atomic E-state index is 0.0422. The van der Waals surface area contributed by atoms with Crippen molar-refractivity contribution in [3.05, 3.63) is 49.1 Å². The second-order valence-corrected chi connectivity index (χ2v) is 6.88. The van der Waals surface area contributed by atoms with E-state index in [9.17, 15) is 4.79 Å². The quantitative estimate of drug-likeness (QED) is 0.809. The number of fused-ring (bicyclic) bond motifs is 1. The van der Waals surface area contributed by atoms with E-state index in [0.717, 1.165) is 59.0 Å². The third kappa shape index (κ3) is 2.78. The van der Waals surface area contributed by atoms with Crippen LogP contribution in [0.25, 0.3) is 0 Å². The summed E-state index contributed by atoms with van der Waals surface area (Å²) in [4.78, 5) is 22.2. The Morgan fingerprint density at radius 1 is 1.43 bits per heavy atom. The van der Waals surface area contributed by atoms with Crippen LogP contribution in [0.5, 0.6) is 0 Å². The molecule has 1 fully saturated rings. The van der Waals surface area contributed by atoms with E-state index in [1.165, 1.54) is 0 Å². The highest BCUT2D eigenvalue weighted by Crippen LogP contribution is 2.37. The van der Waals surface area contributed by atoms with E-state index in [2.05, 4.69) is 37.5 Å². The second kappa shape index (κ2) is 5.24. The van der Waals surface area contributed by atoms with Crippen molar-refractivity contribution in [1.29, 1.82) is 0 Å². The van der Waals surface area contributed by atoms with Gasteiger partial charge in [-0.05, 0) is 47.6 Å². The Balaban J connectivity index is 1.55. The Morgan fingerprint density at radius 3 is 3.00 bits per heavy atom. The van der Waals surface area contributed by atoms with Crippen molar-refractivity contribution < 1.29 is 4.42 Å². The van der Waals surface area contributed by atoms with Crippen molar-refractivity contribution in [1.82, 2.24) is 14.9 Å².